The molecule has 0 aromatic heterocycles. The molecule has 1 heterocycles. The zero-order valence-corrected chi connectivity index (χ0v) is 12.2. The Balaban J connectivity index is 0. The van der Waals surface area contributed by atoms with Crippen LogP contribution in [-0.4, -0.2) is 68.2 Å². The van der Waals surface area contributed by atoms with Crippen molar-refractivity contribution in [1.82, 2.24) is 9.80 Å². The Hall–Kier alpha value is -0.0700. The fourth-order valence-corrected chi connectivity index (χ4v) is 1.95. The molecule has 104 valence electrons. The highest BCUT2D eigenvalue weighted by molar-refractivity contribution is 5.85. The van der Waals surface area contributed by atoms with Gasteiger partial charge in [0.2, 0.25) is 0 Å². The number of piperazine rings is 1. The lowest BCUT2D eigenvalue weighted by atomic mass is 10.1. The second-order valence-corrected chi connectivity index (χ2v) is 4.10. The van der Waals surface area contributed by atoms with Crippen molar-refractivity contribution in [3.8, 4) is 0 Å². The maximum absolute atomic E-state index is 12.0. The molecule has 5 nitrogen and oxygen atoms in total. The molecule has 1 fully saturated rings. The summed E-state index contributed by atoms with van der Waals surface area (Å²) in [6.07, 6.45) is -0.490. The van der Waals surface area contributed by atoms with Crippen LogP contribution >= 0.6 is 24.8 Å². The molecular formula is C10H23Cl2N3O2. The van der Waals surface area contributed by atoms with Crippen LogP contribution in [0.2, 0.25) is 0 Å². The summed E-state index contributed by atoms with van der Waals surface area (Å²) >= 11 is 0. The van der Waals surface area contributed by atoms with Gasteiger partial charge < -0.3 is 20.3 Å². The van der Waals surface area contributed by atoms with E-state index >= 15 is 0 Å². The number of hydrogen-bond donors (Lipinski definition) is 1. The predicted molar refractivity (Wildman–Crippen MR) is 73.0 cm³/mol. The van der Waals surface area contributed by atoms with Crippen molar-refractivity contribution in [2.24, 2.45) is 5.73 Å². The van der Waals surface area contributed by atoms with Crippen LogP contribution in [-0.2, 0) is 9.53 Å². The molecule has 0 saturated carbocycles. The monoisotopic (exact) mass is 287 g/mol. The van der Waals surface area contributed by atoms with Crippen molar-refractivity contribution in [1.29, 1.82) is 0 Å². The largest absolute Gasteiger partial charge is 0.370 e. The number of likely N-dealkylation sites (N-methyl/N-ethyl adjacent to an activating group) is 1. The first-order valence-corrected chi connectivity index (χ1v) is 5.32. The van der Waals surface area contributed by atoms with Crippen LogP contribution in [0.1, 0.15) is 6.92 Å². The zero-order chi connectivity index (χ0) is 11.4. The molecule has 1 aliphatic rings. The third kappa shape index (κ3) is 4.97. The number of methoxy groups -OCH3 is 1. The second-order valence-electron chi connectivity index (χ2n) is 4.10. The maximum atomic E-state index is 12.0. The number of carbonyl (C=O) groups excluding carboxylic acids is 1. The smallest absolute Gasteiger partial charge is 0.253 e. The Bertz CT molecular complexity index is 228. The predicted octanol–water partition coefficient (Wildman–Crippen LogP) is -0.0338. The molecule has 2 N–H and O–H groups in total. The van der Waals surface area contributed by atoms with E-state index in [2.05, 4.69) is 18.9 Å². The molecule has 0 spiro atoms. The first-order chi connectivity index (χ1) is 7.10. The van der Waals surface area contributed by atoms with Crippen molar-refractivity contribution in [2.75, 3.05) is 40.3 Å². The van der Waals surface area contributed by atoms with Crippen LogP contribution in [0.4, 0.5) is 0 Å². The van der Waals surface area contributed by atoms with Crippen LogP contribution in [0.5, 0.6) is 0 Å². The van der Waals surface area contributed by atoms with Crippen LogP contribution in [0.3, 0.4) is 0 Å². The lowest BCUT2D eigenvalue weighted by Gasteiger charge is -2.39. The number of halogens is 2. The highest BCUT2D eigenvalue weighted by atomic mass is 35.5. The quantitative estimate of drug-likeness (QED) is 0.792. The van der Waals surface area contributed by atoms with Crippen LogP contribution < -0.4 is 5.73 Å². The molecule has 0 aromatic rings. The number of ether oxygens (including phenoxy) is 1. The third-order valence-electron chi connectivity index (χ3n) is 2.89. The van der Waals surface area contributed by atoms with E-state index in [-0.39, 0.29) is 43.3 Å². The van der Waals surface area contributed by atoms with E-state index in [1.807, 2.05) is 4.90 Å². The summed E-state index contributed by atoms with van der Waals surface area (Å²) < 4.78 is 5.06. The van der Waals surface area contributed by atoms with Gasteiger partial charge in [-0.15, -0.1) is 24.8 Å². The number of nitrogens with two attached hydrogens (primary N) is 1. The molecule has 0 bridgehead atoms. The van der Waals surface area contributed by atoms with Gasteiger partial charge in [-0.05, 0) is 14.0 Å². The van der Waals surface area contributed by atoms with E-state index in [4.69, 9.17) is 10.5 Å². The lowest BCUT2D eigenvalue weighted by Crippen LogP contribution is -2.56. The van der Waals surface area contributed by atoms with Gasteiger partial charge >= 0.3 is 0 Å². The van der Waals surface area contributed by atoms with Crippen LogP contribution in [0.25, 0.3) is 0 Å². The number of carbonyl (C=O) groups is 1. The van der Waals surface area contributed by atoms with Gasteiger partial charge in [0, 0.05) is 39.3 Å². The number of nitrogens with zero attached hydrogens (tertiary/aromatic N) is 2. The minimum Gasteiger partial charge on any atom is -0.370 e. The van der Waals surface area contributed by atoms with E-state index in [1.54, 1.807) is 0 Å². The van der Waals surface area contributed by atoms with E-state index in [1.165, 1.54) is 7.11 Å². The lowest BCUT2D eigenvalue weighted by molar-refractivity contribution is -0.145. The summed E-state index contributed by atoms with van der Waals surface area (Å²) in [6.45, 7) is 4.88. The summed E-state index contributed by atoms with van der Waals surface area (Å²) in [5, 5.41) is 0. The molecule has 0 aromatic carbocycles. The Morgan fingerprint density at radius 1 is 1.47 bits per heavy atom. The first-order valence-electron chi connectivity index (χ1n) is 5.32. The molecule has 2 unspecified atom stereocenters. The molecule has 0 radical (unpaired) electrons. The summed E-state index contributed by atoms with van der Waals surface area (Å²) in [4.78, 5) is 16.1. The molecule has 1 aliphatic heterocycles. The van der Waals surface area contributed by atoms with Crippen molar-refractivity contribution in [2.45, 2.75) is 19.1 Å². The van der Waals surface area contributed by atoms with Gasteiger partial charge in [-0.3, -0.25) is 4.79 Å². The van der Waals surface area contributed by atoms with Crippen LogP contribution in [0.15, 0.2) is 0 Å². The Kier molecular flexibility index (Phi) is 10.1. The molecule has 1 saturated heterocycles. The van der Waals surface area contributed by atoms with Crippen molar-refractivity contribution in [3.63, 3.8) is 0 Å². The van der Waals surface area contributed by atoms with E-state index in [0.29, 0.717) is 0 Å². The number of rotatable bonds is 3. The topological polar surface area (TPSA) is 58.8 Å². The fraction of sp³-hybridized carbons (Fsp3) is 0.900. The molecule has 1 rings (SSSR count). The summed E-state index contributed by atoms with van der Waals surface area (Å²) in [5.41, 5.74) is 5.48. The van der Waals surface area contributed by atoms with Crippen molar-refractivity contribution >= 4 is 30.7 Å². The van der Waals surface area contributed by atoms with Crippen molar-refractivity contribution < 1.29 is 9.53 Å². The van der Waals surface area contributed by atoms with Gasteiger partial charge in [-0.1, -0.05) is 0 Å². The SMILES string of the molecule is COC(CN)C(=O)N1CCN(C)CC1C.Cl.Cl. The summed E-state index contributed by atoms with van der Waals surface area (Å²) in [5.74, 6) is 0.0144. The van der Waals surface area contributed by atoms with Crippen LogP contribution in [0, 0.1) is 0 Å². The standard InChI is InChI=1S/C10H21N3O2.2ClH/c1-8-7-12(2)4-5-13(8)10(14)9(6-11)15-3;;/h8-9H,4-7,11H2,1-3H3;2*1H. The summed E-state index contributed by atoms with van der Waals surface area (Å²) in [6, 6.07) is 0.237. The Morgan fingerprint density at radius 3 is 2.47 bits per heavy atom. The Labute approximate surface area is 115 Å². The fourth-order valence-electron chi connectivity index (χ4n) is 1.95. The molecular weight excluding hydrogens is 265 g/mol. The number of amides is 1. The third-order valence-corrected chi connectivity index (χ3v) is 2.89. The molecule has 17 heavy (non-hydrogen) atoms. The highest BCUT2D eigenvalue weighted by Crippen LogP contribution is 2.10. The van der Waals surface area contributed by atoms with Gasteiger partial charge in [0.05, 0.1) is 0 Å². The second kappa shape index (κ2) is 8.94. The van der Waals surface area contributed by atoms with E-state index in [9.17, 15) is 4.79 Å². The Morgan fingerprint density at radius 2 is 2.06 bits per heavy atom. The zero-order valence-electron chi connectivity index (χ0n) is 10.6. The number of hydrogen-bond acceptors (Lipinski definition) is 4. The van der Waals surface area contributed by atoms with E-state index in [0.717, 1.165) is 19.6 Å². The van der Waals surface area contributed by atoms with Gasteiger partial charge in [0.15, 0.2) is 0 Å². The molecule has 7 heteroatoms. The van der Waals surface area contributed by atoms with E-state index < -0.39 is 6.10 Å². The molecule has 0 aliphatic carbocycles. The average Bonchev–Trinajstić information content (AvgIpc) is 2.19. The first kappa shape index (κ1) is 19.3. The highest BCUT2D eigenvalue weighted by Gasteiger charge is 2.29. The minimum absolute atomic E-state index is 0. The maximum Gasteiger partial charge on any atom is 0.253 e. The normalized spacial score (nSPS) is 22.4. The minimum atomic E-state index is -0.490. The van der Waals surface area contributed by atoms with Gasteiger partial charge in [-0.2, -0.15) is 0 Å². The summed E-state index contributed by atoms with van der Waals surface area (Å²) in [7, 11) is 3.59. The van der Waals surface area contributed by atoms with Crippen molar-refractivity contribution in [3.05, 3.63) is 0 Å². The van der Waals surface area contributed by atoms with Gasteiger partial charge in [0.25, 0.3) is 5.91 Å². The van der Waals surface area contributed by atoms with Gasteiger partial charge in [-0.25, -0.2) is 0 Å². The average molecular weight is 288 g/mol. The molecule has 1 amide bonds. The molecule has 2 atom stereocenters. The van der Waals surface area contributed by atoms with Gasteiger partial charge in [0.1, 0.15) is 6.10 Å².